The second-order valence-corrected chi connectivity index (χ2v) is 7.98. The molecule has 0 heterocycles. The average Bonchev–Trinajstić information content (AvgIpc) is 2.68. The third-order valence-electron chi connectivity index (χ3n) is 3.94. The number of anilines is 1. The summed E-state index contributed by atoms with van der Waals surface area (Å²) in [5.41, 5.74) is 0.199. The predicted molar refractivity (Wildman–Crippen MR) is 109 cm³/mol. The van der Waals surface area contributed by atoms with Crippen LogP contribution in [-0.4, -0.2) is 32.6 Å². The zero-order valence-electron chi connectivity index (χ0n) is 16.1. The van der Waals surface area contributed by atoms with Crippen molar-refractivity contribution in [2.24, 2.45) is 0 Å². The van der Waals surface area contributed by atoms with Crippen LogP contribution in [0.5, 0.6) is 11.5 Å². The van der Waals surface area contributed by atoms with Crippen LogP contribution in [-0.2, 0) is 10.0 Å². The van der Waals surface area contributed by atoms with E-state index in [-0.39, 0.29) is 22.8 Å². The number of unbranched alkanes of at least 4 members (excludes halogenated alkanes) is 1. The van der Waals surface area contributed by atoms with Crippen molar-refractivity contribution in [2.75, 3.05) is 18.4 Å². The van der Waals surface area contributed by atoms with Crippen LogP contribution in [0.25, 0.3) is 0 Å². The molecule has 3 N–H and O–H groups in total. The average molecular weight is 407 g/mol. The standard InChI is InChI=1S/C20H26N2O5S/c1-3-5-12-21-17-13-15(20(23)24)14-18(28(25,26)22-11-4-2)19(17)27-16-9-7-6-8-10-16/h6-10,13-14,21-22H,3-5,11-12H2,1-2H3,(H,23,24). The second kappa shape index (κ2) is 10.1. The molecule has 0 saturated heterocycles. The highest BCUT2D eigenvalue weighted by molar-refractivity contribution is 7.89. The van der Waals surface area contributed by atoms with Gasteiger partial charge in [-0.2, -0.15) is 0 Å². The smallest absolute Gasteiger partial charge is 0.335 e. The van der Waals surface area contributed by atoms with Crippen LogP contribution in [0.2, 0.25) is 0 Å². The van der Waals surface area contributed by atoms with Gasteiger partial charge in [0.25, 0.3) is 0 Å². The van der Waals surface area contributed by atoms with Gasteiger partial charge in [0.15, 0.2) is 5.75 Å². The summed E-state index contributed by atoms with van der Waals surface area (Å²) in [5, 5.41) is 12.6. The van der Waals surface area contributed by atoms with Crippen LogP contribution in [0.3, 0.4) is 0 Å². The van der Waals surface area contributed by atoms with Gasteiger partial charge in [-0.15, -0.1) is 0 Å². The fourth-order valence-electron chi connectivity index (χ4n) is 2.48. The second-order valence-electron chi connectivity index (χ2n) is 6.25. The van der Waals surface area contributed by atoms with Gasteiger partial charge in [-0.25, -0.2) is 17.9 Å². The Morgan fingerprint density at radius 3 is 2.39 bits per heavy atom. The van der Waals surface area contributed by atoms with Gasteiger partial charge in [0.2, 0.25) is 10.0 Å². The number of aromatic carboxylic acids is 1. The van der Waals surface area contributed by atoms with Crippen molar-refractivity contribution in [3.8, 4) is 11.5 Å². The molecule has 0 aliphatic rings. The first-order valence-corrected chi connectivity index (χ1v) is 10.7. The Hall–Kier alpha value is -2.58. The number of para-hydroxylation sites is 1. The molecule has 0 fully saturated rings. The van der Waals surface area contributed by atoms with E-state index >= 15 is 0 Å². The molecule has 0 bridgehead atoms. The number of carboxylic acids is 1. The van der Waals surface area contributed by atoms with Crippen molar-refractivity contribution >= 4 is 21.7 Å². The van der Waals surface area contributed by atoms with E-state index in [1.807, 2.05) is 19.9 Å². The van der Waals surface area contributed by atoms with E-state index in [1.54, 1.807) is 24.3 Å². The largest absolute Gasteiger partial charge is 0.478 e. The van der Waals surface area contributed by atoms with Crippen LogP contribution in [0.15, 0.2) is 47.4 Å². The third kappa shape index (κ3) is 5.71. The van der Waals surface area contributed by atoms with Crippen LogP contribution in [0.4, 0.5) is 5.69 Å². The van der Waals surface area contributed by atoms with Crippen LogP contribution >= 0.6 is 0 Å². The summed E-state index contributed by atoms with van der Waals surface area (Å²) in [6, 6.07) is 11.3. The first-order chi connectivity index (χ1) is 13.4. The summed E-state index contributed by atoms with van der Waals surface area (Å²) in [6.07, 6.45) is 2.39. The molecule has 0 unspecified atom stereocenters. The Kier molecular flexibility index (Phi) is 7.83. The molecule has 28 heavy (non-hydrogen) atoms. The highest BCUT2D eigenvalue weighted by Gasteiger charge is 2.25. The lowest BCUT2D eigenvalue weighted by Gasteiger charge is -2.18. The number of carboxylic acid groups (broad SMARTS) is 1. The minimum atomic E-state index is -3.96. The highest BCUT2D eigenvalue weighted by atomic mass is 32.2. The number of rotatable bonds is 11. The molecule has 7 nitrogen and oxygen atoms in total. The molecule has 8 heteroatoms. The lowest BCUT2D eigenvalue weighted by atomic mass is 10.1. The molecule has 0 spiro atoms. The van der Waals surface area contributed by atoms with Crippen molar-refractivity contribution in [2.45, 2.75) is 38.0 Å². The van der Waals surface area contributed by atoms with E-state index in [4.69, 9.17) is 4.74 Å². The van der Waals surface area contributed by atoms with Gasteiger partial charge in [0, 0.05) is 13.1 Å². The minimum Gasteiger partial charge on any atom is -0.478 e. The van der Waals surface area contributed by atoms with Gasteiger partial charge in [0.05, 0.1) is 11.3 Å². The molecule has 2 aromatic carbocycles. The fourth-order valence-corrected chi connectivity index (χ4v) is 3.79. The molecule has 0 atom stereocenters. The summed E-state index contributed by atoms with van der Waals surface area (Å²) in [7, 11) is -3.96. The maximum atomic E-state index is 12.8. The molecule has 152 valence electrons. The molecule has 0 saturated carbocycles. The van der Waals surface area contributed by atoms with Gasteiger partial charge in [0.1, 0.15) is 10.6 Å². The first-order valence-electron chi connectivity index (χ1n) is 9.26. The SMILES string of the molecule is CCCCNc1cc(C(=O)O)cc(S(=O)(=O)NCCC)c1Oc1ccccc1. The summed E-state index contributed by atoms with van der Waals surface area (Å²) in [4.78, 5) is 11.4. The molecule has 0 aliphatic carbocycles. The normalized spacial score (nSPS) is 11.2. The highest BCUT2D eigenvalue weighted by Crippen LogP contribution is 2.37. The molecule has 2 rings (SSSR count). The Morgan fingerprint density at radius 2 is 1.79 bits per heavy atom. The summed E-state index contributed by atoms with van der Waals surface area (Å²) in [5.74, 6) is -0.677. The predicted octanol–water partition coefficient (Wildman–Crippen LogP) is 4.08. The molecular weight excluding hydrogens is 380 g/mol. The number of carbonyl (C=O) groups is 1. The zero-order chi connectivity index (χ0) is 20.6. The Labute approximate surface area is 165 Å². The molecule has 0 radical (unpaired) electrons. The molecular formula is C20H26N2O5S. The maximum absolute atomic E-state index is 12.8. The molecule has 2 aromatic rings. The van der Waals surface area contributed by atoms with Gasteiger partial charge < -0.3 is 15.2 Å². The third-order valence-corrected chi connectivity index (χ3v) is 5.41. The summed E-state index contributed by atoms with van der Waals surface area (Å²) in [6.45, 7) is 4.67. The van der Waals surface area contributed by atoms with Gasteiger partial charge in [-0.3, -0.25) is 0 Å². The van der Waals surface area contributed by atoms with Crippen molar-refractivity contribution in [1.29, 1.82) is 0 Å². The van der Waals surface area contributed by atoms with E-state index in [9.17, 15) is 18.3 Å². The fraction of sp³-hybridized carbons (Fsp3) is 0.350. The maximum Gasteiger partial charge on any atom is 0.335 e. The van der Waals surface area contributed by atoms with Crippen molar-refractivity contribution in [1.82, 2.24) is 4.72 Å². The molecule has 0 aromatic heterocycles. The number of nitrogens with one attached hydrogen (secondary N) is 2. The van der Waals surface area contributed by atoms with Crippen molar-refractivity contribution < 1.29 is 23.1 Å². The number of hydrogen-bond acceptors (Lipinski definition) is 5. The van der Waals surface area contributed by atoms with Crippen LogP contribution in [0.1, 0.15) is 43.5 Å². The van der Waals surface area contributed by atoms with E-state index in [1.165, 1.54) is 6.07 Å². The summed E-state index contributed by atoms with van der Waals surface area (Å²) >= 11 is 0. The number of benzene rings is 2. The Balaban J connectivity index is 2.61. The van der Waals surface area contributed by atoms with E-state index < -0.39 is 16.0 Å². The Bertz CT molecular complexity index is 898. The molecule has 0 amide bonds. The zero-order valence-corrected chi connectivity index (χ0v) is 16.9. The van der Waals surface area contributed by atoms with E-state index in [0.29, 0.717) is 24.4 Å². The van der Waals surface area contributed by atoms with Gasteiger partial charge in [-0.1, -0.05) is 38.5 Å². The van der Waals surface area contributed by atoms with Crippen LogP contribution < -0.4 is 14.8 Å². The first kappa shape index (κ1) is 21.7. The summed E-state index contributed by atoms with van der Waals surface area (Å²) < 4.78 is 34.1. The van der Waals surface area contributed by atoms with E-state index in [2.05, 4.69) is 10.0 Å². The molecule has 0 aliphatic heterocycles. The van der Waals surface area contributed by atoms with E-state index in [0.717, 1.165) is 18.9 Å². The number of ether oxygens (including phenoxy) is 1. The Morgan fingerprint density at radius 1 is 1.07 bits per heavy atom. The van der Waals surface area contributed by atoms with Gasteiger partial charge in [-0.05, 0) is 37.1 Å². The quantitative estimate of drug-likeness (QED) is 0.486. The lowest BCUT2D eigenvalue weighted by Crippen LogP contribution is -2.25. The topological polar surface area (TPSA) is 105 Å². The van der Waals surface area contributed by atoms with Crippen molar-refractivity contribution in [3.63, 3.8) is 0 Å². The van der Waals surface area contributed by atoms with Crippen LogP contribution in [0, 0.1) is 0 Å². The van der Waals surface area contributed by atoms with Crippen molar-refractivity contribution in [3.05, 3.63) is 48.0 Å². The lowest BCUT2D eigenvalue weighted by molar-refractivity contribution is 0.0696. The van der Waals surface area contributed by atoms with Gasteiger partial charge >= 0.3 is 5.97 Å². The minimum absolute atomic E-state index is 0.0795. The number of hydrogen-bond donors (Lipinski definition) is 3. The monoisotopic (exact) mass is 406 g/mol. The number of sulfonamides is 1.